The first kappa shape index (κ1) is 24.0. The summed E-state index contributed by atoms with van der Waals surface area (Å²) in [5.41, 5.74) is 7.98. The molecule has 0 amide bonds. The molecule has 4 heterocycles. The highest BCUT2D eigenvalue weighted by Crippen LogP contribution is 2.28. The number of benzene rings is 2. The van der Waals surface area contributed by atoms with Gasteiger partial charge in [0.15, 0.2) is 5.65 Å². The highest BCUT2D eigenvalue weighted by Gasteiger charge is 2.29. The summed E-state index contributed by atoms with van der Waals surface area (Å²) in [5.74, 6) is 0. The number of aryl methyl sites for hydroxylation is 1. The molecule has 1 aliphatic heterocycles. The monoisotopic (exact) mass is 502 g/mol. The number of fused-ring (bicyclic) bond motifs is 1. The van der Waals surface area contributed by atoms with Crippen molar-refractivity contribution in [1.82, 2.24) is 24.0 Å². The van der Waals surface area contributed by atoms with Crippen LogP contribution >= 0.6 is 0 Å². The molecule has 0 bridgehead atoms. The molecule has 0 unspecified atom stereocenters. The smallest absolute Gasteiger partial charge is 0.296 e. The lowest BCUT2D eigenvalue weighted by Gasteiger charge is -2.17. The van der Waals surface area contributed by atoms with E-state index >= 15 is 0 Å². The number of imidazole rings is 1. The zero-order chi connectivity index (χ0) is 26.1. The van der Waals surface area contributed by atoms with E-state index in [0.717, 1.165) is 65.3 Å². The van der Waals surface area contributed by atoms with Crippen molar-refractivity contribution in [3.8, 4) is 16.8 Å². The van der Waals surface area contributed by atoms with E-state index in [1.54, 1.807) is 10.8 Å². The molecule has 7 heteroatoms. The van der Waals surface area contributed by atoms with E-state index in [0.29, 0.717) is 6.54 Å². The summed E-state index contributed by atoms with van der Waals surface area (Å²) >= 11 is 0. The van der Waals surface area contributed by atoms with E-state index < -0.39 is 0 Å². The number of aliphatic imine (C=N–C) groups is 1. The third kappa shape index (κ3) is 4.46. The second-order valence-electron chi connectivity index (χ2n) is 9.90. The Balaban J connectivity index is 1.30. The van der Waals surface area contributed by atoms with E-state index in [1.165, 1.54) is 5.56 Å². The predicted octanol–water partition coefficient (Wildman–Crippen LogP) is 5.21. The SMILES string of the molecule is C=NCc1ccc(-c2ccc(-n3c(=O)n([C@H]4CCN(Cc5ncccc5C)C4)c4ncccc43)cc2)cc1. The molecule has 6 rings (SSSR count). The molecular formula is C31H30N6O. The molecule has 1 aliphatic rings. The van der Waals surface area contributed by atoms with Crippen LogP contribution in [0.25, 0.3) is 28.0 Å². The van der Waals surface area contributed by atoms with Crippen LogP contribution in [0.2, 0.25) is 0 Å². The third-order valence-electron chi connectivity index (χ3n) is 7.44. The molecule has 0 spiro atoms. The molecule has 190 valence electrons. The number of aromatic nitrogens is 4. The molecule has 3 aromatic heterocycles. The maximum absolute atomic E-state index is 13.9. The van der Waals surface area contributed by atoms with Crippen molar-refractivity contribution in [3.05, 3.63) is 112 Å². The van der Waals surface area contributed by atoms with Gasteiger partial charge in [-0.2, -0.15) is 0 Å². The molecule has 2 aromatic carbocycles. The third-order valence-corrected chi connectivity index (χ3v) is 7.44. The first-order valence-corrected chi connectivity index (χ1v) is 13.0. The molecule has 1 atom stereocenters. The summed E-state index contributed by atoms with van der Waals surface area (Å²) in [6, 6.07) is 24.5. The van der Waals surface area contributed by atoms with Crippen LogP contribution in [0.1, 0.15) is 29.3 Å². The maximum atomic E-state index is 13.9. The van der Waals surface area contributed by atoms with Gasteiger partial charge in [-0.25, -0.2) is 9.78 Å². The number of rotatable bonds is 7. The van der Waals surface area contributed by atoms with Gasteiger partial charge in [0, 0.05) is 32.0 Å². The van der Waals surface area contributed by atoms with E-state index in [4.69, 9.17) is 0 Å². The number of hydrogen-bond acceptors (Lipinski definition) is 5. The van der Waals surface area contributed by atoms with Gasteiger partial charge in [-0.15, -0.1) is 0 Å². The largest absolute Gasteiger partial charge is 0.335 e. The van der Waals surface area contributed by atoms with Gasteiger partial charge >= 0.3 is 5.69 Å². The molecule has 5 aromatic rings. The van der Waals surface area contributed by atoms with Crippen LogP contribution < -0.4 is 5.69 Å². The predicted molar refractivity (Wildman–Crippen MR) is 152 cm³/mol. The Labute approximate surface area is 221 Å². The Bertz CT molecular complexity index is 1650. The first-order valence-electron chi connectivity index (χ1n) is 13.0. The van der Waals surface area contributed by atoms with Crippen molar-refractivity contribution in [2.45, 2.75) is 32.5 Å². The van der Waals surface area contributed by atoms with Crippen molar-refractivity contribution in [1.29, 1.82) is 0 Å². The molecule has 1 fully saturated rings. The van der Waals surface area contributed by atoms with Gasteiger partial charge < -0.3 is 0 Å². The molecule has 38 heavy (non-hydrogen) atoms. The van der Waals surface area contributed by atoms with E-state index in [-0.39, 0.29) is 11.7 Å². The fraction of sp³-hybridized carbons (Fsp3) is 0.226. The Kier molecular flexibility index (Phi) is 6.43. The van der Waals surface area contributed by atoms with Gasteiger partial charge in [0.05, 0.1) is 29.5 Å². The van der Waals surface area contributed by atoms with Crippen molar-refractivity contribution in [2.24, 2.45) is 4.99 Å². The maximum Gasteiger partial charge on any atom is 0.335 e. The minimum Gasteiger partial charge on any atom is -0.296 e. The number of likely N-dealkylation sites (tertiary alicyclic amines) is 1. The van der Waals surface area contributed by atoms with Gasteiger partial charge in [-0.3, -0.25) is 24.0 Å². The Morgan fingerprint density at radius 1 is 0.947 bits per heavy atom. The van der Waals surface area contributed by atoms with Crippen molar-refractivity contribution >= 4 is 17.9 Å². The second kappa shape index (κ2) is 10.2. The first-order chi connectivity index (χ1) is 18.6. The van der Waals surface area contributed by atoms with Crippen LogP contribution in [0.15, 0.2) is 95.0 Å². The zero-order valence-corrected chi connectivity index (χ0v) is 21.5. The molecule has 7 nitrogen and oxygen atoms in total. The topological polar surface area (TPSA) is 68.3 Å². The Hall–Kier alpha value is -4.36. The van der Waals surface area contributed by atoms with E-state index in [2.05, 4.69) is 76.0 Å². The molecular weight excluding hydrogens is 472 g/mol. The molecule has 0 aliphatic carbocycles. The summed E-state index contributed by atoms with van der Waals surface area (Å²) in [6.07, 6.45) is 4.51. The summed E-state index contributed by atoms with van der Waals surface area (Å²) in [4.78, 5) is 29.4. The van der Waals surface area contributed by atoms with Gasteiger partial charge in [0.2, 0.25) is 0 Å². The van der Waals surface area contributed by atoms with Gasteiger partial charge in [0.25, 0.3) is 0 Å². The van der Waals surface area contributed by atoms with Gasteiger partial charge in [-0.05, 0) is 72.6 Å². The molecule has 1 saturated heterocycles. The number of nitrogens with zero attached hydrogens (tertiary/aromatic N) is 6. The quantitative estimate of drug-likeness (QED) is 0.287. The second-order valence-corrected chi connectivity index (χ2v) is 9.90. The van der Waals surface area contributed by atoms with Crippen LogP contribution in [0.5, 0.6) is 0 Å². The standard InChI is InChI=1S/C31H30N6O/c1-22-5-3-16-33-28(22)21-35-18-15-27(20-35)37-30-29(6-4-17-34-30)36(31(37)38)26-13-11-25(12-14-26)24-9-7-23(8-10-24)19-32-2/h3-14,16-17,27H,2,15,18-21H2,1H3/t27-/m0/s1. The average molecular weight is 503 g/mol. The van der Waals surface area contributed by atoms with E-state index in [9.17, 15) is 4.79 Å². The van der Waals surface area contributed by atoms with Crippen LogP contribution in [-0.4, -0.2) is 43.8 Å². The van der Waals surface area contributed by atoms with Crippen molar-refractivity contribution in [2.75, 3.05) is 13.1 Å². The highest BCUT2D eigenvalue weighted by atomic mass is 16.2. The summed E-state index contributed by atoms with van der Waals surface area (Å²) in [6.45, 7) is 8.78. The van der Waals surface area contributed by atoms with Gasteiger partial charge in [0.1, 0.15) is 0 Å². The lowest BCUT2D eigenvalue weighted by atomic mass is 10.0. The normalized spacial score (nSPS) is 15.8. The average Bonchev–Trinajstić information content (AvgIpc) is 3.52. The van der Waals surface area contributed by atoms with Crippen molar-refractivity contribution in [3.63, 3.8) is 0 Å². The van der Waals surface area contributed by atoms with Crippen LogP contribution in [0.3, 0.4) is 0 Å². The lowest BCUT2D eigenvalue weighted by molar-refractivity contribution is 0.311. The molecule has 0 radical (unpaired) electrons. The van der Waals surface area contributed by atoms with Crippen LogP contribution in [-0.2, 0) is 13.1 Å². The van der Waals surface area contributed by atoms with Crippen molar-refractivity contribution < 1.29 is 0 Å². The minimum atomic E-state index is -0.0476. The lowest BCUT2D eigenvalue weighted by Crippen LogP contribution is -2.29. The number of hydrogen-bond donors (Lipinski definition) is 0. The Morgan fingerprint density at radius 3 is 2.39 bits per heavy atom. The van der Waals surface area contributed by atoms with Crippen LogP contribution in [0, 0.1) is 6.92 Å². The highest BCUT2D eigenvalue weighted by molar-refractivity contribution is 5.75. The number of pyridine rings is 2. The van der Waals surface area contributed by atoms with Crippen LogP contribution in [0.4, 0.5) is 0 Å². The van der Waals surface area contributed by atoms with E-state index in [1.807, 2.05) is 41.1 Å². The summed E-state index contributed by atoms with van der Waals surface area (Å²) in [7, 11) is 0. The van der Waals surface area contributed by atoms with Gasteiger partial charge in [-0.1, -0.05) is 42.5 Å². The fourth-order valence-electron chi connectivity index (χ4n) is 5.43. The molecule has 0 N–H and O–H groups in total. The Morgan fingerprint density at radius 2 is 1.66 bits per heavy atom. The summed E-state index contributed by atoms with van der Waals surface area (Å²) in [5, 5.41) is 0. The summed E-state index contributed by atoms with van der Waals surface area (Å²) < 4.78 is 3.68. The molecule has 0 saturated carbocycles. The zero-order valence-electron chi connectivity index (χ0n) is 21.5. The minimum absolute atomic E-state index is 0.0476. The fourth-order valence-corrected chi connectivity index (χ4v) is 5.43.